The predicted molar refractivity (Wildman–Crippen MR) is 131 cm³/mol. The van der Waals surface area contributed by atoms with Crippen LogP contribution in [0.4, 0.5) is 22.7 Å². The van der Waals surface area contributed by atoms with Gasteiger partial charge < -0.3 is 14.7 Å². The van der Waals surface area contributed by atoms with Crippen molar-refractivity contribution in [1.29, 1.82) is 0 Å². The number of ether oxygens (including phenoxy) is 1. The number of para-hydroxylation sites is 1. The van der Waals surface area contributed by atoms with Crippen LogP contribution in [0.5, 0.6) is 5.75 Å². The van der Waals surface area contributed by atoms with Gasteiger partial charge in [-0.2, -0.15) is 0 Å². The van der Waals surface area contributed by atoms with Crippen molar-refractivity contribution >= 4 is 28.7 Å². The first-order valence-electron chi connectivity index (χ1n) is 11.1. The van der Waals surface area contributed by atoms with Gasteiger partial charge in [-0.1, -0.05) is 24.3 Å². The van der Waals surface area contributed by atoms with Gasteiger partial charge in [0, 0.05) is 38.3 Å². The molecule has 1 aliphatic heterocycles. The van der Waals surface area contributed by atoms with Crippen LogP contribution in [0.25, 0.3) is 0 Å². The number of aliphatic hydroxyl groups is 1. The Labute approximate surface area is 198 Å². The maximum Gasteiger partial charge on any atom is 0.269 e. The highest BCUT2D eigenvalue weighted by atomic mass is 16.6. The number of carbonyl (C=O) groups excluding carboxylic acids is 1. The van der Waals surface area contributed by atoms with E-state index in [9.17, 15) is 20.0 Å². The Morgan fingerprint density at radius 1 is 1.09 bits per heavy atom. The van der Waals surface area contributed by atoms with Crippen LogP contribution in [-0.2, 0) is 17.6 Å². The third-order valence-electron chi connectivity index (χ3n) is 5.94. The molecular formula is C26H27N3O5. The van der Waals surface area contributed by atoms with Crippen molar-refractivity contribution in [2.75, 3.05) is 30.0 Å². The number of rotatable bonds is 7. The second-order valence-electron chi connectivity index (χ2n) is 8.39. The Bertz CT molecular complexity index is 1200. The van der Waals surface area contributed by atoms with E-state index in [0.29, 0.717) is 12.3 Å². The topological polar surface area (TPSA) is 96.2 Å². The Hall–Kier alpha value is -3.91. The molecule has 0 saturated carbocycles. The molecule has 3 aromatic carbocycles. The number of anilines is 3. The molecular weight excluding hydrogens is 434 g/mol. The van der Waals surface area contributed by atoms with Crippen LogP contribution in [0.15, 0.2) is 66.7 Å². The van der Waals surface area contributed by atoms with Crippen LogP contribution in [0.3, 0.4) is 0 Å². The van der Waals surface area contributed by atoms with Crippen LogP contribution in [0.2, 0.25) is 0 Å². The summed E-state index contributed by atoms with van der Waals surface area (Å²) in [5.41, 5.74) is 4.87. The number of fused-ring (bicyclic) bond motifs is 2. The van der Waals surface area contributed by atoms with Gasteiger partial charge in [0.05, 0.1) is 16.3 Å². The third-order valence-corrected chi connectivity index (χ3v) is 5.94. The van der Waals surface area contributed by atoms with Crippen molar-refractivity contribution in [3.05, 3.63) is 88.0 Å². The minimum Gasteiger partial charge on any atom is -0.491 e. The average Bonchev–Trinajstić information content (AvgIpc) is 2.99. The molecule has 0 bridgehead atoms. The Morgan fingerprint density at radius 2 is 1.76 bits per heavy atom. The molecule has 0 spiro atoms. The van der Waals surface area contributed by atoms with Gasteiger partial charge in [0.2, 0.25) is 5.91 Å². The lowest BCUT2D eigenvalue weighted by molar-refractivity contribution is -0.384. The summed E-state index contributed by atoms with van der Waals surface area (Å²) in [7, 11) is 1.87. The third kappa shape index (κ3) is 5.02. The second-order valence-corrected chi connectivity index (χ2v) is 8.39. The number of non-ortho nitro benzene ring substituents is 1. The number of likely N-dealkylation sites (N-methyl/N-ethyl adjacent to an activating group) is 1. The first kappa shape index (κ1) is 23.3. The lowest BCUT2D eigenvalue weighted by Crippen LogP contribution is -2.33. The zero-order valence-corrected chi connectivity index (χ0v) is 19.2. The highest BCUT2D eigenvalue weighted by molar-refractivity contribution is 6.01. The zero-order chi connectivity index (χ0) is 24.2. The molecule has 0 aromatic heterocycles. The summed E-state index contributed by atoms with van der Waals surface area (Å²) in [6.07, 6.45) is 0.913. The van der Waals surface area contributed by atoms with Crippen molar-refractivity contribution in [2.45, 2.75) is 25.9 Å². The smallest absolute Gasteiger partial charge is 0.269 e. The molecule has 1 N–H and O–H groups in total. The van der Waals surface area contributed by atoms with Crippen molar-refractivity contribution < 1.29 is 19.6 Å². The number of hydrogen-bond acceptors (Lipinski definition) is 6. The minimum atomic E-state index is -0.788. The quantitative estimate of drug-likeness (QED) is 0.417. The van der Waals surface area contributed by atoms with Gasteiger partial charge >= 0.3 is 0 Å². The fourth-order valence-electron chi connectivity index (χ4n) is 4.22. The molecule has 34 heavy (non-hydrogen) atoms. The molecule has 1 amide bonds. The number of aliphatic hydroxyl groups excluding tert-OH is 1. The molecule has 8 nitrogen and oxygen atoms in total. The van der Waals surface area contributed by atoms with Crippen LogP contribution >= 0.6 is 0 Å². The molecule has 0 radical (unpaired) electrons. The predicted octanol–water partition coefficient (Wildman–Crippen LogP) is 4.25. The second kappa shape index (κ2) is 9.93. The number of nitro benzene ring substituents is 1. The fraction of sp³-hybridized carbons (Fsp3) is 0.269. The molecule has 1 atom stereocenters. The molecule has 4 rings (SSSR count). The van der Waals surface area contributed by atoms with E-state index in [1.54, 1.807) is 11.8 Å². The van der Waals surface area contributed by atoms with E-state index < -0.39 is 11.0 Å². The summed E-state index contributed by atoms with van der Waals surface area (Å²) in [6.45, 7) is 1.92. The molecule has 1 aliphatic rings. The molecule has 0 fully saturated rings. The molecule has 1 unspecified atom stereocenters. The zero-order valence-electron chi connectivity index (χ0n) is 19.2. The number of benzene rings is 3. The standard InChI is InChI=1S/C26H27N3O5/c1-18(30)28-25-6-4-3-5-19(25)7-8-20-9-10-22(15-26(20)28)27(2)16-23(31)17-34-24-13-11-21(12-14-24)29(32)33/h3-6,9-15,23,31H,7-8,16-17H2,1-2H3. The number of amides is 1. The van der Waals surface area contributed by atoms with Crippen LogP contribution in [-0.4, -0.2) is 42.2 Å². The van der Waals surface area contributed by atoms with Crippen molar-refractivity contribution in [3.63, 3.8) is 0 Å². The van der Waals surface area contributed by atoms with E-state index in [4.69, 9.17) is 4.74 Å². The average molecular weight is 462 g/mol. The molecule has 8 heteroatoms. The normalized spacial score (nSPS) is 13.3. The van der Waals surface area contributed by atoms with Crippen molar-refractivity contribution in [1.82, 2.24) is 0 Å². The Kier molecular flexibility index (Phi) is 6.79. The van der Waals surface area contributed by atoms with E-state index in [2.05, 4.69) is 6.07 Å². The fourth-order valence-corrected chi connectivity index (χ4v) is 4.22. The van der Waals surface area contributed by atoms with Gasteiger partial charge in [-0.3, -0.25) is 19.8 Å². The SMILES string of the molecule is CC(=O)N1c2ccccc2CCc2ccc(N(C)CC(O)COc3ccc([N+](=O)[O-])cc3)cc21. The van der Waals surface area contributed by atoms with Gasteiger partial charge in [-0.25, -0.2) is 0 Å². The van der Waals surface area contributed by atoms with Crippen LogP contribution in [0.1, 0.15) is 18.1 Å². The monoisotopic (exact) mass is 461 g/mol. The lowest BCUT2D eigenvalue weighted by atomic mass is 10.0. The van der Waals surface area contributed by atoms with Gasteiger partial charge in [0.15, 0.2) is 0 Å². The summed E-state index contributed by atoms with van der Waals surface area (Å²) in [5.74, 6) is 0.403. The van der Waals surface area contributed by atoms with Crippen LogP contribution in [0, 0.1) is 10.1 Å². The Morgan fingerprint density at radius 3 is 2.44 bits per heavy atom. The lowest BCUT2D eigenvalue weighted by Gasteiger charge is -2.27. The van der Waals surface area contributed by atoms with E-state index in [0.717, 1.165) is 41.0 Å². The number of carbonyl (C=O) groups is 1. The first-order chi connectivity index (χ1) is 16.3. The molecule has 0 saturated heterocycles. The van der Waals surface area contributed by atoms with Gasteiger partial charge in [-0.05, 0) is 54.3 Å². The van der Waals surface area contributed by atoms with Crippen LogP contribution < -0.4 is 14.5 Å². The summed E-state index contributed by atoms with van der Waals surface area (Å²) in [5, 5.41) is 21.3. The molecule has 1 heterocycles. The number of hydrogen-bond donors (Lipinski definition) is 1. The minimum absolute atomic E-state index is 0.0157. The highest BCUT2D eigenvalue weighted by Gasteiger charge is 2.24. The molecule has 0 aliphatic carbocycles. The number of nitro groups is 1. The Balaban J connectivity index is 1.46. The number of aryl methyl sites for hydroxylation is 2. The number of nitrogens with zero attached hydrogens (tertiary/aromatic N) is 3. The van der Waals surface area contributed by atoms with Crippen molar-refractivity contribution in [2.24, 2.45) is 0 Å². The molecule has 3 aromatic rings. The van der Waals surface area contributed by atoms with E-state index in [1.165, 1.54) is 24.3 Å². The summed E-state index contributed by atoms with van der Waals surface area (Å²) in [6, 6.07) is 19.7. The maximum absolute atomic E-state index is 12.6. The summed E-state index contributed by atoms with van der Waals surface area (Å²) < 4.78 is 5.58. The van der Waals surface area contributed by atoms with E-state index in [-0.39, 0.29) is 18.2 Å². The molecule has 176 valence electrons. The van der Waals surface area contributed by atoms with Gasteiger partial charge in [0.25, 0.3) is 5.69 Å². The largest absolute Gasteiger partial charge is 0.491 e. The van der Waals surface area contributed by atoms with E-state index in [1.807, 2.05) is 48.3 Å². The van der Waals surface area contributed by atoms with Gasteiger partial charge in [-0.15, -0.1) is 0 Å². The summed E-state index contributed by atoms with van der Waals surface area (Å²) in [4.78, 5) is 26.6. The van der Waals surface area contributed by atoms with E-state index >= 15 is 0 Å². The van der Waals surface area contributed by atoms with Gasteiger partial charge in [0.1, 0.15) is 18.5 Å². The highest BCUT2D eigenvalue weighted by Crippen LogP contribution is 2.38. The van der Waals surface area contributed by atoms with Crippen molar-refractivity contribution in [3.8, 4) is 5.75 Å². The maximum atomic E-state index is 12.6. The first-order valence-corrected chi connectivity index (χ1v) is 11.1. The summed E-state index contributed by atoms with van der Waals surface area (Å²) >= 11 is 0.